The average molecular weight is 227 g/mol. The number of nitrogens with zero attached hydrogens (tertiary/aromatic N) is 1. The molecule has 2 N–H and O–H groups in total. The summed E-state index contributed by atoms with van der Waals surface area (Å²) in [4.78, 5) is 2.22. The molecule has 0 aromatic heterocycles. The standard InChI is InChI=1S/C13H25NO2/c1-4-5-13(16)11-6-7-12(8-10(2)15)14(3)9-11/h6-7,10-13,15-16H,4-5,8-9H2,1-3H3/t10-,11+,12+,13-/m0/s1. The first-order valence-corrected chi connectivity index (χ1v) is 6.29. The summed E-state index contributed by atoms with van der Waals surface area (Å²) in [5.74, 6) is 0.246. The molecular weight excluding hydrogens is 202 g/mol. The zero-order valence-electron chi connectivity index (χ0n) is 10.6. The maximum absolute atomic E-state index is 9.93. The van der Waals surface area contributed by atoms with Crippen molar-refractivity contribution < 1.29 is 10.2 Å². The highest BCUT2D eigenvalue weighted by Crippen LogP contribution is 2.21. The summed E-state index contributed by atoms with van der Waals surface area (Å²) in [6.07, 6.45) is 6.40. The fraction of sp³-hybridized carbons (Fsp3) is 0.846. The van der Waals surface area contributed by atoms with E-state index >= 15 is 0 Å². The van der Waals surface area contributed by atoms with Crippen LogP contribution < -0.4 is 0 Å². The van der Waals surface area contributed by atoms with E-state index in [1.54, 1.807) is 0 Å². The number of rotatable bonds is 5. The Morgan fingerprint density at radius 2 is 2.06 bits per heavy atom. The fourth-order valence-electron chi connectivity index (χ4n) is 2.31. The Bertz CT molecular complexity index is 228. The number of hydrogen-bond donors (Lipinski definition) is 2. The van der Waals surface area contributed by atoms with Crippen molar-refractivity contribution >= 4 is 0 Å². The van der Waals surface area contributed by atoms with Crippen LogP contribution in [0, 0.1) is 5.92 Å². The molecule has 0 amide bonds. The molecule has 3 heteroatoms. The van der Waals surface area contributed by atoms with Crippen molar-refractivity contribution in [2.45, 2.75) is 51.4 Å². The molecule has 1 rings (SSSR count). The Balaban J connectivity index is 2.52. The van der Waals surface area contributed by atoms with Crippen LogP contribution >= 0.6 is 0 Å². The van der Waals surface area contributed by atoms with Crippen LogP contribution in [-0.2, 0) is 0 Å². The van der Waals surface area contributed by atoms with E-state index in [9.17, 15) is 10.2 Å². The molecule has 0 aromatic rings. The van der Waals surface area contributed by atoms with E-state index in [2.05, 4.69) is 31.0 Å². The van der Waals surface area contributed by atoms with Crippen molar-refractivity contribution in [2.24, 2.45) is 5.92 Å². The minimum Gasteiger partial charge on any atom is -0.393 e. The predicted octanol–water partition coefficient (Wildman–Crippen LogP) is 1.40. The van der Waals surface area contributed by atoms with Gasteiger partial charge < -0.3 is 10.2 Å². The molecule has 4 atom stereocenters. The van der Waals surface area contributed by atoms with E-state index in [0.717, 1.165) is 25.8 Å². The molecule has 0 saturated carbocycles. The fourth-order valence-corrected chi connectivity index (χ4v) is 2.31. The molecule has 1 aliphatic heterocycles. The molecule has 0 aromatic carbocycles. The lowest BCUT2D eigenvalue weighted by Gasteiger charge is -2.35. The first-order chi connectivity index (χ1) is 7.54. The van der Waals surface area contributed by atoms with Gasteiger partial charge in [-0.05, 0) is 26.8 Å². The summed E-state index contributed by atoms with van der Waals surface area (Å²) >= 11 is 0. The number of aliphatic hydroxyl groups excluding tert-OH is 2. The molecule has 1 heterocycles. The molecule has 0 fully saturated rings. The molecule has 0 spiro atoms. The van der Waals surface area contributed by atoms with Crippen LogP contribution in [0.5, 0.6) is 0 Å². The van der Waals surface area contributed by atoms with Crippen LogP contribution in [0.3, 0.4) is 0 Å². The summed E-state index contributed by atoms with van der Waals surface area (Å²) < 4.78 is 0. The maximum atomic E-state index is 9.93. The summed E-state index contributed by atoms with van der Waals surface area (Å²) in [5, 5.41) is 19.3. The third-order valence-electron chi connectivity index (χ3n) is 3.31. The van der Waals surface area contributed by atoms with Gasteiger partial charge in [-0.2, -0.15) is 0 Å². The van der Waals surface area contributed by atoms with E-state index in [1.807, 2.05) is 6.92 Å². The van der Waals surface area contributed by atoms with Crippen molar-refractivity contribution in [1.29, 1.82) is 0 Å². The van der Waals surface area contributed by atoms with Gasteiger partial charge in [-0.15, -0.1) is 0 Å². The Morgan fingerprint density at radius 3 is 2.56 bits per heavy atom. The van der Waals surface area contributed by atoms with Crippen LogP contribution in [0.15, 0.2) is 12.2 Å². The van der Waals surface area contributed by atoms with Crippen LogP contribution in [0.25, 0.3) is 0 Å². The van der Waals surface area contributed by atoms with Gasteiger partial charge in [0.05, 0.1) is 12.2 Å². The van der Waals surface area contributed by atoms with Crippen molar-refractivity contribution in [3.63, 3.8) is 0 Å². The predicted molar refractivity (Wildman–Crippen MR) is 66.3 cm³/mol. The monoisotopic (exact) mass is 227 g/mol. The van der Waals surface area contributed by atoms with Crippen LogP contribution in [-0.4, -0.2) is 47.0 Å². The third kappa shape index (κ3) is 3.89. The van der Waals surface area contributed by atoms with Crippen LogP contribution in [0.1, 0.15) is 33.1 Å². The lowest BCUT2D eigenvalue weighted by atomic mass is 9.92. The largest absolute Gasteiger partial charge is 0.393 e. The summed E-state index contributed by atoms with van der Waals surface area (Å²) in [7, 11) is 2.06. The topological polar surface area (TPSA) is 43.7 Å². The van der Waals surface area contributed by atoms with Gasteiger partial charge in [-0.1, -0.05) is 25.5 Å². The van der Waals surface area contributed by atoms with E-state index < -0.39 is 0 Å². The van der Waals surface area contributed by atoms with Crippen molar-refractivity contribution in [3.05, 3.63) is 12.2 Å². The third-order valence-corrected chi connectivity index (χ3v) is 3.31. The number of likely N-dealkylation sites (N-methyl/N-ethyl adjacent to an activating group) is 1. The SMILES string of the molecule is CCC[C@H](O)[C@@H]1C=C[C@H](C[C@H](C)O)N(C)C1. The zero-order valence-corrected chi connectivity index (χ0v) is 10.6. The van der Waals surface area contributed by atoms with Gasteiger partial charge in [-0.25, -0.2) is 0 Å². The highest BCUT2D eigenvalue weighted by molar-refractivity contribution is 5.05. The quantitative estimate of drug-likeness (QED) is 0.698. The Morgan fingerprint density at radius 1 is 1.38 bits per heavy atom. The second-order valence-corrected chi connectivity index (χ2v) is 5.00. The van der Waals surface area contributed by atoms with Gasteiger partial charge in [0.2, 0.25) is 0 Å². The lowest BCUT2D eigenvalue weighted by Crippen LogP contribution is -2.42. The van der Waals surface area contributed by atoms with Gasteiger partial charge in [0.15, 0.2) is 0 Å². The van der Waals surface area contributed by atoms with Crippen LogP contribution in [0.4, 0.5) is 0 Å². The molecular formula is C13H25NO2. The molecule has 0 saturated heterocycles. The average Bonchev–Trinajstić information content (AvgIpc) is 2.20. The minimum absolute atomic E-state index is 0.226. The summed E-state index contributed by atoms with van der Waals surface area (Å²) in [6, 6.07) is 0.310. The van der Waals surface area contributed by atoms with E-state index in [0.29, 0.717) is 6.04 Å². The van der Waals surface area contributed by atoms with E-state index in [-0.39, 0.29) is 18.1 Å². The van der Waals surface area contributed by atoms with Gasteiger partial charge in [0, 0.05) is 18.5 Å². The molecule has 0 radical (unpaired) electrons. The molecule has 3 nitrogen and oxygen atoms in total. The summed E-state index contributed by atoms with van der Waals surface area (Å²) in [5.41, 5.74) is 0. The Labute approximate surface area is 98.8 Å². The second-order valence-electron chi connectivity index (χ2n) is 5.00. The van der Waals surface area contributed by atoms with Gasteiger partial charge in [0.25, 0.3) is 0 Å². The van der Waals surface area contributed by atoms with Gasteiger partial charge in [-0.3, -0.25) is 4.90 Å². The highest BCUT2D eigenvalue weighted by atomic mass is 16.3. The molecule has 0 bridgehead atoms. The van der Waals surface area contributed by atoms with Crippen molar-refractivity contribution in [3.8, 4) is 0 Å². The molecule has 0 unspecified atom stereocenters. The van der Waals surface area contributed by atoms with Gasteiger partial charge >= 0.3 is 0 Å². The minimum atomic E-state index is -0.269. The van der Waals surface area contributed by atoms with E-state index in [4.69, 9.17) is 0 Å². The number of hydrogen-bond acceptors (Lipinski definition) is 3. The van der Waals surface area contributed by atoms with Crippen molar-refractivity contribution in [1.82, 2.24) is 4.90 Å². The molecule has 94 valence electrons. The van der Waals surface area contributed by atoms with Gasteiger partial charge in [0.1, 0.15) is 0 Å². The lowest BCUT2D eigenvalue weighted by molar-refractivity contribution is 0.0761. The Kier molecular flexibility index (Phi) is 5.46. The number of aliphatic hydroxyl groups is 2. The second kappa shape index (κ2) is 6.38. The first kappa shape index (κ1) is 13.7. The summed E-state index contributed by atoms with van der Waals surface area (Å²) in [6.45, 7) is 4.80. The highest BCUT2D eigenvalue weighted by Gasteiger charge is 2.25. The van der Waals surface area contributed by atoms with E-state index in [1.165, 1.54) is 0 Å². The van der Waals surface area contributed by atoms with Crippen LogP contribution in [0.2, 0.25) is 0 Å². The smallest absolute Gasteiger partial charge is 0.0615 e. The maximum Gasteiger partial charge on any atom is 0.0615 e. The normalized spacial score (nSPS) is 30.3. The first-order valence-electron chi connectivity index (χ1n) is 6.29. The van der Waals surface area contributed by atoms with Crippen molar-refractivity contribution in [2.75, 3.05) is 13.6 Å². The molecule has 0 aliphatic carbocycles. The molecule has 16 heavy (non-hydrogen) atoms. The molecule has 1 aliphatic rings. The Hall–Kier alpha value is -0.380. The zero-order chi connectivity index (χ0) is 12.1.